The van der Waals surface area contributed by atoms with E-state index in [1.54, 1.807) is 72.8 Å². The topological polar surface area (TPSA) is 57.5 Å². The van der Waals surface area contributed by atoms with Crippen LogP contribution >= 0.6 is 0 Å². The van der Waals surface area contributed by atoms with E-state index in [1.807, 2.05) is 48.5 Å². The molecule has 4 rings (SSSR count). The van der Waals surface area contributed by atoms with Crippen LogP contribution in [0.2, 0.25) is 0 Å². The maximum atomic E-state index is 14.0. The second kappa shape index (κ2) is 9.63. The summed E-state index contributed by atoms with van der Waals surface area (Å²) in [6, 6.07) is 35.9. The Labute approximate surface area is 187 Å². The molecule has 0 unspecified atom stereocenters. The van der Waals surface area contributed by atoms with Gasteiger partial charge < -0.3 is 10.2 Å². The molecule has 0 saturated carbocycles. The largest absolute Gasteiger partial charge is 0.507 e. The first-order valence-electron chi connectivity index (χ1n) is 10.3. The average Bonchev–Trinajstić information content (AvgIpc) is 2.86. The molecule has 0 heterocycles. The SMILES string of the molecule is O=C(C(=C(O)c1ccccc1)c1ccccc1)C(=C(O)c1ccccc1)c1ccccc1. The van der Waals surface area contributed by atoms with E-state index >= 15 is 0 Å². The molecule has 0 aromatic heterocycles. The van der Waals surface area contributed by atoms with Gasteiger partial charge in [0.15, 0.2) is 0 Å². The van der Waals surface area contributed by atoms with Crippen LogP contribution in [0.5, 0.6) is 0 Å². The summed E-state index contributed by atoms with van der Waals surface area (Å²) in [6.07, 6.45) is 0. The third-order valence-corrected chi connectivity index (χ3v) is 5.15. The second-order valence-electron chi connectivity index (χ2n) is 7.24. The maximum absolute atomic E-state index is 14.0. The molecule has 0 aliphatic carbocycles. The van der Waals surface area contributed by atoms with Crippen molar-refractivity contribution in [1.82, 2.24) is 0 Å². The van der Waals surface area contributed by atoms with E-state index in [4.69, 9.17) is 0 Å². The lowest BCUT2D eigenvalue weighted by atomic mass is 9.88. The van der Waals surface area contributed by atoms with E-state index < -0.39 is 5.78 Å². The minimum absolute atomic E-state index is 0.123. The van der Waals surface area contributed by atoms with E-state index in [-0.39, 0.29) is 22.7 Å². The van der Waals surface area contributed by atoms with Gasteiger partial charge in [-0.3, -0.25) is 4.79 Å². The summed E-state index contributed by atoms with van der Waals surface area (Å²) < 4.78 is 0. The fourth-order valence-corrected chi connectivity index (χ4v) is 3.57. The summed E-state index contributed by atoms with van der Waals surface area (Å²) >= 11 is 0. The van der Waals surface area contributed by atoms with Gasteiger partial charge in [-0.2, -0.15) is 0 Å². The number of aliphatic hydroxyl groups is 2. The first-order chi connectivity index (χ1) is 15.7. The molecule has 0 amide bonds. The van der Waals surface area contributed by atoms with Gasteiger partial charge in [-0.05, 0) is 11.1 Å². The van der Waals surface area contributed by atoms with Crippen LogP contribution in [0.25, 0.3) is 22.7 Å². The molecule has 32 heavy (non-hydrogen) atoms. The van der Waals surface area contributed by atoms with Gasteiger partial charge in [-0.1, -0.05) is 121 Å². The van der Waals surface area contributed by atoms with Gasteiger partial charge in [-0.15, -0.1) is 0 Å². The number of carbonyl (C=O) groups excluding carboxylic acids is 1. The second-order valence-corrected chi connectivity index (χ2v) is 7.24. The van der Waals surface area contributed by atoms with E-state index in [1.165, 1.54) is 0 Å². The molecule has 4 aromatic rings. The van der Waals surface area contributed by atoms with Gasteiger partial charge >= 0.3 is 0 Å². The van der Waals surface area contributed by atoms with Crippen molar-refractivity contribution >= 4 is 28.4 Å². The Morgan fingerprint density at radius 1 is 0.406 bits per heavy atom. The zero-order valence-electron chi connectivity index (χ0n) is 17.3. The van der Waals surface area contributed by atoms with Crippen molar-refractivity contribution in [2.45, 2.75) is 0 Å². The normalized spacial score (nSPS) is 12.5. The Bertz CT molecular complexity index is 1160. The predicted octanol–water partition coefficient (Wildman–Crippen LogP) is 6.81. The number of benzene rings is 4. The highest BCUT2D eigenvalue weighted by molar-refractivity contribution is 6.47. The van der Waals surface area contributed by atoms with Crippen molar-refractivity contribution in [1.29, 1.82) is 0 Å². The Hall–Kier alpha value is -4.37. The molecule has 0 spiro atoms. The highest BCUT2D eigenvalue weighted by Gasteiger charge is 2.26. The van der Waals surface area contributed by atoms with Crippen molar-refractivity contribution in [2.24, 2.45) is 0 Å². The van der Waals surface area contributed by atoms with Gasteiger partial charge in [-0.25, -0.2) is 0 Å². The van der Waals surface area contributed by atoms with Crippen LogP contribution in [0.3, 0.4) is 0 Å². The van der Waals surface area contributed by atoms with Gasteiger partial charge in [0.05, 0.1) is 11.1 Å². The summed E-state index contributed by atoms with van der Waals surface area (Å²) in [6.45, 7) is 0. The summed E-state index contributed by atoms with van der Waals surface area (Å²) in [7, 11) is 0. The molecule has 4 aromatic carbocycles. The number of hydrogen-bond donors (Lipinski definition) is 2. The molecule has 156 valence electrons. The minimum atomic E-state index is -0.467. The maximum Gasteiger partial charge on any atom is 0.201 e. The van der Waals surface area contributed by atoms with Crippen molar-refractivity contribution < 1.29 is 15.0 Å². The number of rotatable bonds is 6. The lowest BCUT2D eigenvalue weighted by Gasteiger charge is -2.16. The van der Waals surface area contributed by atoms with E-state index in [2.05, 4.69) is 0 Å². The predicted molar refractivity (Wildman–Crippen MR) is 130 cm³/mol. The molecular weight excluding hydrogens is 396 g/mol. The van der Waals surface area contributed by atoms with Crippen molar-refractivity contribution in [3.8, 4) is 0 Å². The van der Waals surface area contributed by atoms with Crippen molar-refractivity contribution in [3.05, 3.63) is 144 Å². The lowest BCUT2D eigenvalue weighted by Crippen LogP contribution is -2.10. The number of ketones is 1. The fourth-order valence-electron chi connectivity index (χ4n) is 3.57. The first kappa shape index (κ1) is 20.9. The van der Waals surface area contributed by atoms with Crippen LogP contribution in [-0.2, 0) is 4.79 Å². The Kier molecular flexibility index (Phi) is 6.28. The molecule has 0 aliphatic heterocycles. The fraction of sp³-hybridized carbons (Fsp3) is 0. The number of allylic oxidation sites excluding steroid dienone is 2. The van der Waals surface area contributed by atoms with E-state index in [0.29, 0.717) is 22.3 Å². The van der Waals surface area contributed by atoms with Crippen LogP contribution in [-0.4, -0.2) is 16.0 Å². The molecular formula is C29H22O3. The van der Waals surface area contributed by atoms with E-state index in [0.717, 1.165) is 0 Å². The van der Waals surface area contributed by atoms with E-state index in [9.17, 15) is 15.0 Å². The summed E-state index contributed by atoms with van der Waals surface area (Å²) in [5, 5.41) is 22.4. The van der Waals surface area contributed by atoms with Crippen molar-refractivity contribution in [2.75, 3.05) is 0 Å². The van der Waals surface area contributed by atoms with Crippen LogP contribution < -0.4 is 0 Å². The highest BCUT2D eigenvalue weighted by atomic mass is 16.3. The standard InChI is InChI=1S/C29H22O3/c30-27(23-17-9-3-10-18-23)25(21-13-5-1-6-14-21)29(32)26(22-15-7-2-8-16-22)28(31)24-19-11-4-12-20-24/h1-20,30-31H. The number of hydrogen-bond acceptors (Lipinski definition) is 3. The summed E-state index contributed by atoms with van der Waals surface area (Å²) in [5.41, 5.74) is 2.41. The highest BCUT2D eigenvalue weighted by Crippen LogP contribution is 2.34. The number of aliphatic hydroxyl groups excluding tert-OH is 2. The van der Waals surface area contributed by atoms with Crippen LogP contribution in [0, 0.1) is 0 Å². The van der Waals surface area contributed by atoms with Crippen LogP contribution in [0.15, 0.2) is 121 Å². The minimum Gasteiger partial charge on any atom is -0.507 e. The summed E-state index contributed by atoms with van der Waals surface area (Å²) in [4.78, 5) is 14.0. The molecule has 3 nitrogen and oxygen atoms in total. The smallest absolute Gasteiger partial charge is 0.201 e. The van der Waals surface area contributed by atoms with Crippen LogP contribution in [0.1, 0.15) is 22.3 Å². The molecule has 2 N–H and O–H groups in total. The zero-order chi connectivity index (χ0) is 22.3. The summed E-state index contributed by atoms with van der Waals surface area (Å²) in [5.74, 6) is -0.753. The Morgan fingerprint density at radius 2 is 0.656 bits per heavy atom. The molecule has 0 radical (unpaired) electrons. The molecule has 0 aliphatic rings. The third-order valence-electron chi connectivity index (χ3n) is 5.15. The molecule has 0 saturated heterocycles. The average molecular weight is 418 g/mol. The molecule has 0 bridgehead atoms. The third kappa shape index (κ3) is 4.37. The quantitative estimate of drug-likeness (QED) is 0.205. The molecule has 0 atom stereocenters. The number of carbonyl (C=O) groups is 1. The zero-order valence-corrected chi connectivity index (χ0v) is 17.3. The Balaban J connectivity index is 1.98. The number of Topliss-reactive ketones (excluding diaryl/α,β-unsaturated/α-hetero) is 1. The van der Waals surface area contributed by atoms with Gasteiger partial charge in [0.1, 0.15) is 11.5 Å². The molecule has 3 heteroatoms. The monoisotopic (exact) mass is 418 g/mol. The van der Waals surface area contributed by atoms with Gasteiger partial charge in [0, 0.05) is 11.1 Å². The van der Waals surface area contributed by atoms with Gasteiger partial charge in [0.25, 0.3) is 0 Å². The van der Waals surface area contributed by atoms with Gasteiger partial charge in [0.2, 0.25) is 5.78 Å². The first-order valence-corrected chi connectivity index (χ1v) is 10.3. The Morgan fingerprint density at radius 3 is 0.938 bits per heavy atom. The van der Waals surface area contributed by atoms with Crippen LogP contribution in [0.4, 0.5) is 0 Å². The van der Waals surface area contributed by atoms with Crippen molar-refractivity contribution in [3.63, 3.8) is 0 Å². The molecule has 0 fully saturated rings. The lowest BCUT2D eigenvalue weighted by molar-refractivity contribution is -0.108.